The normalized spacial score (nSPS) is 28.7. The van der Waals surface area contributed by atoms with E-state index in [1.165, 1.54) is 18.2 Å². The summed E-state index contributed by atoms with van der Waals surface area (Å²) in [5.41, 5.74) is -0.282. The smallest absolute Gasteiger partial charge is 0.261 e. The van der Waals surface area contributed by atoms with Gasteiger partial charge < -0.3 is 9.84 Å². The third-order valence-electron chi connectivity index (χ3n) is 5.94. The molecule has 0 saturated carbocycles. The molecule has 2 heterocycles. The molecule has 0 aromatic heterocycles. The van der Waals surface area contributed by atoms with Gasteiger partial charge in [0.1, 0.15) is 17.4 Å². The number of rotatable bonds is 2. The predicted molar refractivity (Wildman–Crippen MR) is 99.2 cm³/mol. The molecule has 4 rings (SSSR count). The van der Waals surface area contributed by atoms with Crippen molar-refractivity contribution < 1.29 is 28.4 Å². The van der Waals surface area contributed by atoms with E-state index in [4.69, 9.17) is 14.5 Å². The van der Waals surface area contributed by atoms with Gasteiger partial charge in [-0.3, -0.25) is 0 Å². The molecule has 0 bridgehead atoms. The molecular formula is C22H24F2O4. The van der Waals surface area contributed by atoms with Crippen LogP contribution in [0.25, 0.3) is 11.1 Å². The van der Waals surface area contributed by atoms with E-state index in [0.717, 1.165) is 6.07 Å². The van der Waals surface area contributed by atoms with Crippen molar-refractivity contribution >= 4 is 0 Å². The highest BCUT2D eigenvalue weighted by Crippen LogP contribution is 2.69. The van der Waals surface area contributed by atoms with Crippen LogP contribution in [-0.4, -0.2) is 17.3 Å². The number of halogens is 2. The summed E-state index contributed by atoms with van der Waals surface area (Å²) in [4.78, 5) is 11.3. The lowest BCUT2D eigenvalue weighted by Crippen LogP contribution is -2.72. The minimum Gasteiger partial charge on any atom is -0.507 e. The number of benzene rings is 2. The zero-order valence-corrected chi connectivity index (χ0v) is 16.6. The van der Waals surface area contributed by atoms with Gasteiger partial charge in [-0.25, -0.2) is 13.7 Å². The maximum atomic E-state index is 13.6. The lowest BCUT2D eigenvalue weighted by atomic mass is 9.57. The van der Waals surface area contributed by atoms with Gasteiger partial charge in [0.2, 0.25) is 0 Å². The number of ether oxygens (including phenoxy) is 1. The monoisotopic (exact) mass is 390 g/mol. The van der Waals surface area contributed by atoms with Crippen LogP contribution in [0.5, 0.6) is 5.75 Å². The summed E-state index contributed by atoms with van der Waals surface area (Å²) in [6.45, 7) is 10.7. The second-order valence-corrected chi connectivity index (χ2v) is 9.28. The number of fused-ring (bicyclic) bond motifs is 1. The molecule has 2 aromatic carbocycles. The van der Waals surface area contributed by atoms with Crippen LogP contribution in [0.3, 0.4) is 0 Å². The summed E-state index contributed by atoms with van der Waals surface area (Å²) in [6, 6.07) is 8.00. The zero-order valence-electron chi connectivity index (χ0n) is 16.6. The Morgan fingerprint density at radius 2 is 1.61 bits per heavy atom. The van der Waals surface area contributed by atoms with Crippen molar-refractivity contribution in [3.63, 3.8) is 0 Å². The molecule has 2 atom stereocenters. The van der Waals surface area contributed by atoms with Crippen molar-refractivity contribution in [3.05, 3.63) is 53.6 Å². The third-order valence-corrected chi connectivity index (χ3v) is 5.94. The maximum Gasteiger partial charge on any atom is 0.261 e. The predicted octanol–water partition coefficient (Wildman–Crippen LogP) is 5.29. The average Bonchev–Trinajstić information content (AvgIpc) is 2.68. The van der Waals surface area contributed by atoms with E-state index in [1.54, 1.807) is 12.1 Å². The van der Waals surface area contributed by atoms with E-state index in [1.807, 2.05) is 0 Å². The Kier molecular flexibility index (Phi) is 3.96. The molecule has 6 heteroatoms. The van der Waals surface area contributed by atoms with E-state index in [0.29, 0.717) is 17.7 Å². The van der Waals surface area contributed by atoms with Crippen molar-refractivity contribution in [2.45, 2.75) is 46.0 Å². The van der Waals surface area contributed by atoms with Gasteiger partial charge in [-0.1, -0.05) is 46.8 Å². The quantitative estimate of drug-likeness (QED) is 0.708. The number of phenols is 1. The van der Waals surface area contributed by atoms with Crippen LogP contribution < -0.4 is 0 Å². The Morgan fingerprint density at radius 1 is 0.964 bits per heavy atom. The standard InChI is InChI=1S/C22H24F2O4/c1-19(2,3)22-20(4,5)12-26-21(22,27-28-22)14-6-7-17(18(25)10-14)13-8-15(23)11-16(24)9-13/h6-11,25H,12H2,1-5H3. The molecule has 2 aliphatic heterocycles. The molecule has 2 aromatic rings. The molecule has 2 aliphatic rings. The van der Waals surface area contributed by atoms with Crippen molar-refractivity contribution in [2.75, 3.05) is 6.61 Å². The minimum atomic E-state index is -1.17. The van der Waals surface area contributed by atoms with Gasteiger partial charge >= 0.3 is 0 Å². The SMILES string of the molecule is CC(C)(C)C12OOC1(c1ccc(-c3cc(F)cc(F)c3)c(O)c1)OCC2(C)C. The number of aromatic hydroxyl groups is 1. The van der Waals surface area contributed by atoms with Gasteiger partial charge in [0.25, 0.3) is 5.79 Å². The molecule has 150 valence electrons. The van der Waals surface area contributed by atoms with Crippen molar-refractivity contribution in [3.8, 4) is 16.9 Å². The molecule has 28 heavy (non-hydrogen) atoms. The lowest BCUT2D eigenvalue weighted by Gasteiger charge is -2.61. The average molecular weight is 390 g/mol. The van der Waals surface area contributed by atoms with Gasteiger partial charge in [-0.05, 0) is 23.8 Å². The molecule has 0 amide bonds. The highest BCUT2D eigenvalue weighted by atomic mass is 19.1. The van der Waals surface area contributed by atoms with E-state index in [9.17, 15) is 13.9 Å². The molecule has 2 fully saturated rings. The van der Waals surface area contributed by atoms with Crippen molar-refractivity contribution in [2.24, 2.45) is 10.8 Å². The molecule has 4 nitrogen and oxygen atoms in total. The van der Waals surface area contributed by atoms with Gasteiger partial charge in [0, 0.05) is 28.0 Å². The molecule has 0 radical (unpaired) electrons. The van der Waals surface area contributed by atoms with E-state index < -0.39 is 23.0 Å². The second kappa shape index (κ2) is 5.75. The number of phenolic OH excluding ortho intramolecular Hbond substituents is 1. The summed E-state index contributed by atoms with van der Waals surface area (Å²) >= 11 is 0. The van der Waals surface area contributed by atoms with Crippen molar-refractivity contribution in [1.82, 2.24) is 0 Å². The summed E-state index contributed by atoms with van der Waals surface area (Å²) in [5, 5.41) is 10.6. The van der Waals surface area contributed by atoms with Gasteiger partial charge in [-0.2, -0.15) is 4.89 Å². The Morgan fingerprint density at radius 3 is 2.11 bits per heavy atom. The molecule has 1 N–H and O–H groups in total. The Labute approximate surface area is 163 Å². The third kappa shape index (κ3) is 2.31. The fourth-order valence-electron chi connectivity index (χ4n) is 4.93. The van der Waals surface area contributed by atoms with Gasteiger partial charge in [-0.15, -0.1) is 0 Å². The summed E-state index contributed by atoms with van der Waals surface area (Å²) < 4.78 is 33.3. The highest BCUT2D eigenvalue weighted by molar-refractivity contribution is 5.71. The Hall–Kier alpha value is -2.02. The van der Waals surface area contributed by atoms with Gasteiger partial charge in [0.15, 0.2) is 5.60 Å². The number of hydrogen-bond acceptors (Lipinski definition) is 4. The van der Waals surface area contributed by atoms with Crippen molar-refractivity contribution in [1.29, 1.82) is 0 Å². The summed E-state index contributed by atoms with van der Waals surface area (Å²) in [6.07, 6.45) is 0. The number of hydrogen-bond donors (Lipinski definition) is 1. The highest BCUT2D eigenvalue weighted by Gasteiger charge is 2.81. The topological polar surface area (TPSA) is 47.9 Å². The maximum absolute atomic E-state index is 13.6. The zero-order chi connectivity index (χ0) is 20.5. The first-order valence-corrected chi connectivity index (χ1v) is 9.24. The van der Waals surface area contributed by atoms with E-state index in [2.05, 4.69) is 34.6 Å². The van der Waals surface area contributed by atoms with Crippen LogP contribution >= 0.6 is 0 Å². The summed E-state index contributed by atoms with van der Waals surface area (Å²) in [5.74, 6) is -2.71. The molecule has 0 aliphatic carbocycles. The first-order valence-electron chi connectivity index (χ1n) is 9.24. The molecule has 2 saturated heterocycles. The summed E-state index contributed by atoms with van der Waals surface area (Å²) in [7, 11) is 0. The van der Waals surface area contributed by atoms with Crippen LogP contribution in [0, 0.1) is 22.5 Å². The van der Waals surface area contributed by atoms with Gasteiger partial charge in [0.05, 0.1) is 6.61 Å². The Bertz CT molecular complexity index is 930. The largest absolute Gasteiger partial charge is 0.507 e. The molecular weight excluding hydrogens is 366 g/mol. The lowest BCUT2D eigenvalue weighted by molar-refractivity contribution is -0.626. The molecule has 2 unspecified atom stereocenters. The first kappa shape index (κ1) is 19.3. The first-order chi connectivity index (χ1) is 12.9. The Balaban J connectivity index is 1.82. The van der Waals surface area contributed by atoms with Crippen LogP contribution in [0.15, 0.2) is 36.4 Å². The molecule has 0 spiro atoms. The fourth-order valence-corrected chi connectivity index (χ4v) is 4.93. The van der Waals surface area contributed by atoms with Crippen LogP contribution in [0.4, 0.5) is 8.78 Å². The minimum absolute atomic E-state index is 0.122. The second-order valence-electron chi connectivity index (χ2n) is 9.28. The van der Waals surface area contributed by atoms with Crippen LogP contribution in [-0.2, 0) is 20.3 Å². The van der Waals surface area contributed by atoms with E-state index in [-0.39, 0.29) is 22.1 Å². The van der Waals surface area contributed by atoms with E-state index >= 15 is 0 Å². The fraction of sp³-hybridized carbons (Fsp3) is 0.455. The van der Waals surface area contributed by atoms with Crippen LogP contribution in [0.2, 0.25) is 0 Å². The van der Waals surface area contributed by atoms with Crippen LogP contribution in [0.1, 0.15) is 40.2 Å².